The predicted molar refractivity (Wildman–Crippen MR) is 157 cm³/mol. The van der Waals surface area contributed by atoms with Crippen molar-refractivity contribution in [2.45, 2.75) is 38.2 Å². The van der Waals surface area contributed by atoms with Gasteiger partial charge in [-0.25, -0.2) is 4.79 Å². The van der Waals surface area contributed by atoms with Gasteiger partial charge < -0.3 is 25.4 Å². The number of para-hydroxylation sites is 1. The molecule has 0 atom stereocenters. The fourth-order valence-corrected chi connectivity index (χ4v) is 5.18. The lowest BCUT2D eigenvalue weighted by Gasteiger charge is -2.31. The zero-order chi connectivity index (χ0) is 27.9. The molecular formula is C32H35N5O3. The molecule has 40 heavy (non-hydrogen) atoms. The number of hydrogen-bond acceptors (Lipinski definition) is 6. The molecule has 5 rings (SSSR count). The van der Waals surface area contributed by atoms with Gasteiger partial charge in [0.2, 0.25) is 0 Å². The molecule has 2 aliphatic rings. The Balaban J connectivity index is 1.31. The number of nitrogens with one attached hydrogen (secondary N) is 2. The number of hydrogen-bond donors (Lipinski definition) is 3. The van der Waals surface area contributed by atoms with Crippen LogP contribution < -0.4 is 15.8 Å². The Morgan fingerprint density at radius 3 is 2.38 bits per heavy atom. The summed E-state index contributed by atoms with van der Waals surface area (Å²) in [5.41, 5.74) is 11.1. The van der Waals surface area contributed by atoms with Crippen molar-refractivity contribution in [2.75, 3.05) is 25.5 Å². The number of carbonyl (C=O) groups is 1. The standard InChI is InChI=1S/C32H35N5O3/c1-35-28-20-27(23-16-18-37(19-17-23)32(38)39-21-22-8-4-2-5-9-22)36-30(29(28)31(33)34)24-12-14-26(15-13-24)40-25-10-6-3-7-11-25/h2-12,14,20,23H,13,15-19,21H2,1H3,(H3,33,34)(H,35,36). The molecule has 8 heteroatoms. The number of anilines is 1. The maximum Gasteiger partial charge on any atom is 0.410 e. The van der Waals surface area contributed by atoms with Crippen LogP contribution in [0.1, 0.15) is 54.1 Å². The van der Waals surface area contributed by atoms with E-state index in [2.05, 4.69) is 5.32 Å². The molecule has 1 amide bonds. The van der Waals surface area contributed by atoms with Crippen molar-refractivity contribution in [1.29, 1.82) is 5.41 Å². The van der Waals surface area contributed by atoms with E-state index in [9.17, 15) is 4.79 Å². The number of likely N-dealkylation sites (tertiary alicyclic amines) is 1. The minimum Gasteiger partial charge on any atom is -0.462 e. The molecule has 0 saturated carbocycles. The second kappa shape index (κ2) is 12.5. The number of aromatic nitrogens is 1. The van der Waals surface area contributed by atoms with E-state index < -0.39 is 0 Å². The Bertz CT molecular complexity index is 1410. The lowest BCUT2D eigenvalue weighted by atomic mass is 9.90. The summed E-state index contributed by atoms with van der Waals surface area (Å²) in [5, 5.41) is 11.5. The lowest BCUT2D eigenvalue weighted by Crippen LogP contribution is -2.38. The summed E-state index contributed by atoms with van der Waals surface area (Å²) in [4.78, 5) is 19.5. The smallest absolute Gasteiger partial charge is 0.410 e. The highest BCUT2D eigenvalue weighted by molar-refractivity contribution is 6.04. The van der Waals surface area contributed by atoms with Crippen LogP contribution in [0.3, 0.4) is 0 Å². The number of amides is 1. The van der Waals surface area contributed by atoms with Gasteiger partial charge in [-0.05, 0) is 54.7 Å². The van der Waals surface area contributed by atoms with Crippen LogP contribution in [0.2, 0.25) is 0 Å². The average molecular weight is 538 g/mol. The minimum atomic E-state index is -0.286. The molecule has 1 aliphatic carbocycles. The zero-order valence-corrected chi connectivity index (χ0v) is 22.7. The number of benzene rings is 2. The molecule has 0 unspecified atom stereocenters. The van der Waals surface area contributed by atoms with Crippen LogP contribution in [0.4, 0.5) is 10.5 Å². The highest BCUT2D eigenvalue weighted by Crippen LogP contribution is 2.36. The highest BCUT2D eigenvalue weighted by atomic mass is 16.6. The number of piperidine rings is 1. The van der Waals surface area contributed by atoms with Gasteiger partial charge in [0.25, 0.3) is 0 Å². The Kier molecular flexibility index (Phi) is 8.44. The van der Waals surface area contributed by atoms with Gasteiger partial charge in [-0.1, -0.05) is 54.6 Å². The second-order valence-electron chi connectivity index (χ2n) is 10.0. The molecular weight excluding hydrogens is 502 g/mol. The minimum absolute atomic E-state index is 0.0226. The SMILES string of the molecule is CNc1cc(C2CCN(C(=O)OCc3ccccc3)CC2)nc(C2=CC=C(Oc3ccccc3)CC2)c1C(=N)N. The second-order valence-corrected chi connectivity index (χ2v) is 10.0. The molecule has 8 nitrogen and oxygen atoms in total. The third-order valence-corrected chi connectivity index (χ3v) is 7.36. The Morgan fingerprint density at radius 1 is 1.05 bits per heavy atom. The Hall–Kier alpha value is -4.59. The summed E-state index contributed by atoms with van der Waals surface area (Å²) in [6.07, 6.45) is 6.72. The van der Waals surface area contributed by atoms with Gasteiger partial charge in [0.1, 0.15) is 24.0 Å². The molecule has 4 N–H and O–H groups in total. The van der Waals surface area contributed by atoms with Crippen LogP contribution in [0.25, 0.3) is 5.57 Å². The first-order chi connectivity index (χ1) is 19.5. The first-order valence-corrected chi connectivity index (χ1v) is 13.7. The summed E-state index contributed by atoms with van der Waals surface area (Å²) in [6.45, 7) is 1.47. The van der Waals surface area contributed by atoms with Crippen LogP contribution in [0.5, 0.6) is 5.75 Å². The highest BCUT2D eigenvalue weighted by Gasteiger charge is 2.28. The number of nitrogen functional groups attached to an aromatic ring is 1. The molecule has 2 aromatic carbocycles. The van der Waals surface area contributed by atoms with Gasteiger partial charge in [0.05, 0.1) is 11.3 Å². The maximum atomic E-state index is 12.7. The van der Waals surface area contributed by atoms with Crippen molar-refractivity contribution in [2.24, 2.45) is 5.73 Å². The molecule has 1 aromatic heterocycles. The van der Waals surface area contributed by atoms with Crippen LogP contribution >= 0.6 is 0 Å². The van der Waals surface area contributed by atoms with E-state index in [1.807, 2.05) is 85.9 Å². The van der Waals surface area contributed by atoms with Gasteiger partial charge in [-0.2, -0.15) is 0 Å². The molecule has 0 bridgehead atoms. The predicted octanol–water partition coefficient (Wildman–Crippen LogP) is 6.06. The van der Waals surface area contributed by atoms with E-state index in [1.165, 1.54) is 0 Å². The summed E-state index contributed by atoms with van der Waals surface area (Å²) in [5.74, 6) is 1.85. The van der Waals surface area contributed by atoms with Crippen molar-refractivity contribution >= 4 is 23.2 Å². The Morgan fingerprint density at radius 2 is 1.75 bits per heavy atom. The first-order valence-electron chi connectivity index (χ1n) is 13.7. The summed E-state index contributed by atoms with van der Waals surface area (Å²) in [6, 6.07) is 21.4. The van der Waals surface area contributed by atoms with Crippen LogP contribution in [-0.4, -0.2) is 41.9 Å². The number of rotatable bonds is 8. The van der Waals surface area contributed by atoms with E-state index >= 15 is 0 Å². The van der Waals surface area contributed by atoms with Crippen LogP contribution in [0.15, 0.2) is 84.6 Å². The fourth-order valence-electron chi connectivity index (χ4n) is 5.18. The topological polar surface area (TPSA) is 114 Å². The van der Waals surface area contributed by atoms with Gasteiger partial charge in [0, 0.05) is 43.9 Å². The number of ether oxygens (including phenoxy) is 2. The third kappa shape index (κ3) is 6.34. The first kappa shape index (κ1) is 27.0. The summed E-state index contributed by atoms with van der Waals surface area (Å²) >= 11 is 0. The molecule has 1 fully saturated rings. The molecule has 3 aromatic rings. The Labute approximate surface area is 235 Å². The molecule has 206 valence electrons. The van der Waals surface area contributed by atoms with E-state index in [4.69, 9.17) is 25.6 Å². The average Bonchev–Trinajstić information content (AvgIpc) is 3.00. The number of amidine groups is 1. The lowest BCUT2D eigenvalue weighted by molar-refractivity contribution is 0.0868. The van der Waals surface area contributed by atoms with Gasteiger partial charge >= 0.3 is 6.09 Å². The monoisotopic (exact) mass is 537 g/mol. The van der Waals surface area contributed by atoms with Gasteiger partial charge in [-0.15, -0.1) is 0 Å². The van der Waals surface area contributed by atoms with E-state index in [0.717, 1.165) is 65.4 Å². The number of nitrogens with zero attached hydrogens (tertiary/aromatic N) is 2. The fraction of sp³-hybridized carbons (Fsp3) is 0.281. The number of nitrogens with two attached hydrogens (primary N) is 1. The molecule has 0 spiro atoms. The number of pyridine rings is 1. The number of carbonyl (C=O) groups excluding carboxylic acids is 1. The molecule has 1 aliphatic heterocycles. The van der Waals surface area contributed by atoms with Crippen LogP contribution in [0, 0.1) is 5.41 Å². The molecule has 1 saturated heterocycles. The normalized spacial score (nSPS) is 15.6. The molecule has 0 radical (unpaired) electrons. The van der Waals surface area contributed by atoms with Crippen molar-refractivity contribution < 1.29 is 14.3 Å². The van der Waals surface area contributed by atoms with Crippen molar-refractivity contribution in [3.8, 4) is 5.75 Å². The van der Waals surface area contributed by atoms with Gasteiger partial charge in [-0.3, -0.25) is 10.4 Å². The maximum absolute atomic E-state index is 12.7. The van der Waals surface area contributed by atoms with Crippen LogP contribution in [-0.2, 0) is 11.3 Å². The van der Waals surface area contributed by atoms with Gasteiger partial charge in [0.15, 0.2) is 0 Å². The zero-order valence-electron chi connectivity index (χ0n) is 22.7. The van der Waals surface area contributed by atoms with E-state index in [-0.39, 0.29) is 24.5 Å². The van der Waals surface area contributed by atoms with E-state index in [0.29, 0.717) is 18.7 Å². The third-order valence-electron chi connectivity index (χ3n) is 7.36. The number of allylic oxidation sites excluding steroid dienone is 4. The quantitative estimate of drug-likeness (QED) is 0.238. The van der Waals surface area contributed by atoms with Crippen molar-refractivity contribution in [3.63, 3.8) is 0 Å². The van der Waals surface area contributed by atoms with Crippen molar-refractivity contribution in [3.05, 3.63) is 107 Å². The summed E-state index contributed by atoms with van der Waals surface area (Å²) in [7, 11) is 1.83. The summed E-state index contributed by atoms with van der Waals surface area (Å²) < 4.78 is 11.6. The molecule has 2 heterocycles. The van der Waals surface area contributed by atoms with E-state index in [1.54, 1.807) is 4.90 Å². The largest absolute Gasteiger partial charge is 0.462 e. The van der Waals surface area contributed by atoms with Crippen molar-refractivity contribution in [1.82, 2.24) is 9.88 Å².